The largest absolute Gasteiger partial charge is 0.497 e. The van der Waals surface area contributed by atoms with Gasteiger partial charge in [0.15, 0.2) is 0 Å². The number of rotatable bonds is 4. The van der Waals surface area contributed by atoms with Crippen LogP contribution in [0.15, 0.2) is 22.6 Å². The number of ether oxygens (including phenoxy) is 2. The smallest absolute Gasteiger partial charge is 0.259 e. The summed E-state index contributed by atoms with van der Waals surface area (Å²) in [4.78, 5) is 12.4. The van der Waals surface area contributed by atoms with Gasteiger partial charge in [0.1, 0.15) is 23.0 Å². The molecular formula is C16H19NO4. The van der Waals surface area contributed by atoms with Crippen molar-refractivity contribution in [2.75, 3.05) is 19.5 Å². The predicted molar refractivity (Wildman–Crippen MR) is 80.4 cm³/mol. The molecule has 0 aliphatic heterocycles. The molecule has 0 radical (unpaired) electrons. The van der Waals surface area contributed by atoms with Crippen LogP contribution in [0.1, 0.15) is 27.4 Å². The third-order valence-corrected chi connectivity index (χ3v) is 3.45. The normalized spacial score (nSPS) is 10.3. The quantitative estimate of drug-likeness (QED) is 0.936. The zero-order chi connectivity index (χ0) is 15.6. The monoisotopic (exact) mass is 289 g/mol. The molecule has 0 fully saturated rings. The van der Waals surface area contributed by atoms with Crippen molar-refractivity contribution in [2.24, 2.45) is 0 Å². The number of aryl methyl sites for hydroxylation is 2. The summed E-state index contributed by atoms with van der Waals surface area (Å²) in [5.41, 5.74) is 1.99. The fraction of sp³-hybridized carbons (Fsp3) is 0.312. The van der Waals surface area contributed by atoms with Gasteiger partial charge >= 0.3 is 0 Å². The van der Waals surface area contributed by atoms with Crippen molar-refractivity contribution in [3.05, 3.63) is 40.8 Å². The second-order valence-corrected chi connectivity index (χ2v) is 4.73. The Hall–Kier alpha value is -2.43. The zero-order valence-electron chi connectivity index (χ0n) is 12.9. The molecule has 1 amide bonds. The van der Waals surface area contributed by atoms with Crippen LogP contribution in [0.3, 0.4) is 0 Å². The molecule has 2 aromatic rings. The highest BCUT2D eigenvalue weighted by molar-refractivity contribution is 6.06. The molecule has 1 aromatic heterocycles. The maximum atomic E-state index is 12.4. The molecule has 0 saturated heterocycles. The van der Waals surface area contributed by atoms with Crippen LogP contribution in [0, 0.1) is 20.8 Å². The van der Waals surface area contributed by atoms with Crippen LogP contribution in [0.25, 0.3) is 0 Å². The van der Waals surface area contributed by atoms with Crippen molar-refractivity contribution in [3.63, 3.8) is 0 Å². The lowest BCUT2D eigenvalue weighted by molar-refractivity contribution is 0.102. The van der Waals surface area contributed by atoms with Crippen molar-refractivity contribution in [3.8, 4) is 11.5 Å². The molecule has 1 aromatic carbocycles. The van der Waals surface area contributed by atoms with Gasteiger partial charge in [-0.1, -0.05) is 0 Å². The third kappa shape index (κ3) is 2.86. The number of anilines is 1. The van der Waals surface area contributed by atoms with Crippen molar-refractivity contribution >= 4 is 11.6 Å². The molecule has 1 N–H and O–H groups in total. The summed E-state index contributed by atoms with van der Waals surface area (Å²) in [5.74, 6) is 2.34. The first-order chi connectivity index (χ1) is 9.97. The van der Waals surface area contributed by atoms with Gasteiger partial charge in [0.25, 0.3) is 5.91 Å². The lowest BCUT2D eigenvalue weighted by Gasteiger charge is -2.11. The van der Waals surface area contributed by atoms with E-state index in [9.17, 15) is 4.79 Å². The Morgan fingerprint density at radius 1 is 1.10 bits per heavy atom. The highest BCUT2D eigenvalue weighted by Gasteiger charge is 2.19. The van der Waals surface area contributed by atoms with Crippen LogP contribution in [0.2, 0.25) is 0 Å². The van der Waals surface area contributed by atoms with Gasteiger partial charge in [-0.3, -0.25) is 4.79 Å². The second-order valence-electron chi connectivity index (χ2n) is 4.73. The van der Waals surface area contributed by atoms with Crippen LogP contribution in [0.5, 0.6) is 11.5 Å². The van der Waals surface area contributed by atoms with E-state index in [0.717, 1.165) is 11.3 Å². The molecule has 5 heteroatoms. The number of furan rings is 1. The zero-order valence-corrected chi connectivity index (χ0v) is 12.9. The molecule has 2 rings (SSSR count). The first-order valence-electron chi connectivity index (χ1n) is 6.58. The highest BCUT2D eigenvalue weighted by atomic mass is 16.5. The third-order valence-electron chi connectivity index (χ3n) is 3.45. The van der Waals surface area contributed by atoms with Gasteiger partial charge in [0.05, 0.1) is 25.5 Å². The summed E-state index contributed by atoms with van der Waals surface area (Å²) in [6, 6.07) is 5.22. The SMILES string of the molecule is COc1ccc(NC(=O)c2c(C)oc(C)c2C)c(OC)c1. The number of carbonyl (C=O) groups excluding carboxylic acids is 1. The number of amides is 1. The van der Waals surface area contributed by atoms with Crippen LogP contribution in [0.4, 0.5) is 5.69 Å². The van der Waals surface area contributed by atoms with E-state index in [0.29, 0.717) is 28.5 Å². The van der Waals surface area contributed by atoms with E-state index in [2.05, 4.69) is 5.32 Å². The first kappa shape index (κ1) is 15.0. The van der Waals surface area contributed by atoms with E-state index in [-0.39, 0.29) is 5.91 Å². The van der Waals surface area contributed by atoms with Gasteiger partial charge in [-0.25, -0.2) is 0 Å². The Morgan fingerprint density at radius 3 is 2.33 bits per heavy atom. The number of hydrogen-bond acceptors (Lipinski definition) is 4. The second kappa shape index (κ2) is 5.91. The molecule has 1 heterocycles. The Balaban J connectivity index is 2.31. The molecule has 5 nitrogen and oxygen atoms in total. The number of benzene rings is 1. The Bertz CT molecular complexity index is 673. The summed E-state index contributed by atoms with van der Waals surface area (Å²) >= 11 is 0. The van der Waals surface area contributed by atoms with Gasteiger partial charge in [-0.05, 0) is 32.9 Å². The van der Waals surface area contributed by atoms with E-state index in [1.807, 2.05) is 13.8 Å². The summed E-state index contributed by atoms with van der Waals surface area (Å²) < 4.78 is 15.9. The molecule has 0 aliphatic carbocycles. The van der Waals surface area contributed by atoms with Crippen molar-refractivity contribution in [2.45, 2.75) is 20.8 Å². The highest BCUT2D eigenvalue weighted by Crippen LogP contribution is 2.30. The van der Waals surface area contributed by atoms with Crippen molar-refractivity contribution in [1.29, 1.82) is 0 Å². The minimum absolute atomic E-state index is 0.217. The van der Waals surface area contributed by atoms with E-state index in [1.54, 1.807) is 39.3 Å². The lowest BCUT2D eigenvalue weighted by atomic mass is 10.1. The molecule has 0 unspecified atom stereocenters. The number of methoxy groups -OCH3 is 2. The first-order valence-corrected chi connectivity index (χ1v) is 6.58. The van der Waals surface area contributed by atoms with E-state index in [1.165, 1.54) is 0 Å². The van der Waals surface area contributed by atoms with E-state index in [4.69, 9.17) is 13.9 Å². The Labute approximate surface area is 123 Å². The summed E-state index contributed by atoms with van der Waals surface area (Å²) in [7, 11) is 3.12. The maximum absolute atomic E-state index is 12.4. The van der Waals surface area contributed by atoms with Gasteiger partial charge < -0.3 is 19.2 Å². The van der Waals surface area contributed by atoms with Gasteiger partial charge in [-0.15, -0.1) is 0 Å². The van der Waals surface area contributed by atoms with Crippen LogP contribution in [-0.2, 0) is 0 Å². The predicted octanol–water partition coefficient (Wildman–Crippen LogP) is 3.47. The standard InChI is InChI=1S/C16H19NO4/c1-9-10(2)21-11(3)15(9)16(18)17-13-7-6-12(19-4)8-14(13)20-5/h6-8H,1-5H3,(H,17,18). The van der Waals surface area contributed by atoms with Crippen molar-refractivity contribution in [1.82, 2.24) is 0 Å². The Kier molecular flexibility index (Phi) is 4.21. The summed E-state index contributed by atoms with van der Waals surface area (Å²) in [6.07, 6.45) is 0. The minimum atomic E-state index is -0.217. The van der Waals surface area contributed by atoms with Crippen molar-refractivity contribution < 1.29 is 18.7 Å². The number of nitrogens with one attached hydrogen (secondary N) is 1. The molecule has 0 aliphatic rings. The van der Waals surface area contributed by atoms with Crippen LogP contribution < -0.4 is 14.8 Å². The molecule has 0 bridgehead atoms. The maximum Gasteiger partial charge on any atom is 0.259 e. The molecule has 112 valence electrons. The summed E-state index contributed by atoms with van der Waals surface area (Å²) in [5, 5.41) is 2.84. The van der Waals surface area contributed by atoms with Gasteiger partial charge in [-0.2, -0.15) is 0 Å². The Morgan fingerprint density at radius 2 is 1.81 bits per heavy atom. The topological polar surface area (TPSA) is 60.7 Å². The van der Waals surface area contributed by atoms with Gasteiger partial charge in [0.2, 0.25) is 0 Å². The van der Waals surface area contributed by atoms with E-state index < -0.39 is 0 Å². The summed E-state index contributed by atoms with van der Waals surface area (Å²) in [6.45, 7) is 5.49. The molecule has 21 heavy (non-hydrogen) atoms. The minimum Gasteiger partial charge on any atom is -0.497 e. The molecule has 0 atom stereocenters. The number of carbonyl (C=O) groups is 1. The van der Waals surface area contributed by atoms with Crippen LogP contribution >= 0.6 is 0 Å². The fourth-order valence-corrected chi connectivity index (χ4v) is 2.21. The average Bonchev–Trinajstić information content (AvgIpc) is 2.72. The molecule has 0 saturated carbocycles. The number of hydrogen-bond donors (Lipinski definition) is 1. The van der Waals surface area contributed by atoms with E-state index >= 15 is 0 Å². The average molecular weight is 289 g/mol. The fourth-order valence-electron chi connectivity index (χ4n) is 2.21. The lowest BCUT2D eigenvalue weighted by Crippen LogP contribution is -2.14. The molecular weight excluding hydrogens is 270 g/mol. The van der Waals surface area contributed by atoms with Crippen LogP contribution in [-0.4, -0.2) is 20.1 Å². The van der Waals surface area contributed by atoms with Gasteiger partial charge in [0, 0.05) is 11.6 Å². The molecule has 0 spiro atoms.